The Kier molecular flexibility index (Phi) is 4.15. The van der Waals surface area contributed by atoms with Crippen molar-refractivity contribution in [2.45, 2.75) is 46.1 Å². The minimum absolute atomic E-state index is 0.138. The number of thiazole rings is 1. The van der Waals surface area contributed by atoms with E-state index in [0.29, 0.717) is 12.3 Å². The highest BCUT2D eigenvalue weighted by molar-refractivity contribution is 7.91. The van der Waals surface area contributed by atoms with E-state index in [9.17, 15) is 8.42 Å². The van der Waals surface area contributed by atoms with Gasteiger partial charge in [0.2, 0.25) is 0 Å². The van der Waals surface area contributed by atoms with Gasteiger partial charge in [-0.15, -0.1) is 11.3 Å². The van der Waals surface area contributed by atoms with Crippen LogP contribution >= 0.6 is 11.3 Å². The van der Waals surface area contributed by atoms with Gasteiger partial charge in [0.15, 0.2) is 15.5 Å². The number of sulfone groups is 1. The molecule has 8 heteroatoms. The van der Waals surface area contributed by atoms with Gasteiger partial charge in [-0.05, 0) is 37.8 Å². The van der Waals surface area contributed by atoms with Crippen molar-refractivity contribution in [3.8, 4) is 10.7 Å². The van der Waals surface area contributed by atoms with Crippen molar-refractivity contribution in [3.05, 3.63) is 28.4 Å². The maximum atomic E-state index is 11.9. The molecule has 138 valence electrons. The van der Waals surface area contributed by atoms with Crippen molar-refractivity contribution < 1.29 is 8.42 Å². The molecule has 1 fully saturated rings. The van der Waals surface area contributed by atoms with Crippen molar-refractivity contribution >= 4 is 32.2 Å². The number of aryl methyl sites for hydroxylation is 2. The minimum Gasteiger partial charge on any atom is -0.243 e. The molecule has 26 heavy (non-hydrogen) atoms. The van der Waals surface area contributed by atoms with Gasteiger partial charge in [-0.25, -0.2) is 23.1 Å². The third kappa shape index (κ3) is 2.95. The molecule has 1 atom stereocenters. The number of aromatic nitrogens is 4. The van der Waals surface area contributed by atoms with Gasteiger partial charge < -0.3 is 0 Å². The first-order chi connectivity index (χ1) is 12.2. The molecule has 0 N–H and O–H groups in total. The number of rotatable bonds is 3. The molecule has 4 heterocycles. The number of hydrogen-bond acceptors (Lipinski definition) is 6. The van der Waals surface area contributed by atoms with E-state index in [1.54, 1.807) is 11.3 Å². The summed E-state index contributed by atoms with van der Waals surface area (Å²) in [6.07, 6.45) is 0.595. The zero-order valence-electron chi connectivity index (χ0n) is 15.4. The van der Waals surface area contributed by atoms with Gasteiger partial charge in [-0.2, -0.15) is 5.10 Å². The number of fused-ring (bicyclic) bond motifs is 1. The molecule has 0 radical (unpaired) electrons. The highest BCUT2D eigenvalue weighted by Gasteiger charge is 2.31. The Morgan fingerprint density at radius 1 is 1.27 bits per heavy atom. The second-order valence-electron chi connectivity index (χ2n) is 7.34. The first-order valence-corrected chi connectivity index (χ1v) is 11.5. The number of pyridine rings is 1. The van der Waals surface area contributed by atoms with Crippen LogP contribution in [0, 0.1) is 13.8 Å². The number of nitrogens with zero attached hydrogens (tertiary/aromatic N) is 4. The Bertz CT molecular complexity index is 1100. The molecule has 0 bridgehead atoms. The summed E-state index contributed by atoms with van der Waals surface area (Å²) in [5.74, 6) is 0.741. The largest absolute Gasteiger partial charge is 0.243 e. The summed E-state index contributed by atoms with van der Waals surface area (Å²) in [5, 5.41) is 8.62. The molecule has 0 spiro atoms. The van der Waals surface area contributed by atoms with Gasteiger partial charge in [0.1, 0.15) is 10.7 Å². The van der Waals surface area contributed by atoms with Gasteiger partial charge in [-0.3, -0.25) is 0 Å². The standard InChI is InChI=1S/C18H22N4O2S2/c1-10(2)15-8-25-18(20-15)14-7-11(3)16-12(4)21-22(17(16)19-14)13-5-6-26(23,24)9-13/h7-8,10,13H,5-6,9H2,1-4H3. The quantitative estimate of drug-likeness (QED) is 0.682. The molecule has 0 amide bonds. The van der Waals surface area contributed by atoms with Crippen LogP contribution in [0.25, 0.3) is 21.7 Å². The Hall–Kier alpha value is -1.80. The maximum Gasteiger partial charge on any atom is 0.159 e. The van der Waals surface area contributed by atoms with Gasteiger partial charge in [0, 0.05) is 10.8 Å². The van der Waals surface area contributed by atoms with Crippen LogP contribution in [0.5, 0.6) is 0 Å². The molecular formula is C18H22N4O2S2. The summed E-state index contributed by atoms with van der Waals surface area (Å²) < 4.78 is 25.6. The lowest BCUT2D eigenvalue weighted by molar-refractivity contribution is 0.509. The third-order valence-electron chi connectivity index (χ3n) is 4.92. The average Bonchev–Trinajstić information content (AvgIpc) is 3.24. The molecule has 0 aromatic carbocycles. The van der Waals surface area contributed by atoms with E-state index in [1.807, 2.05) is 11.6 Å². The summed E-state index contributed by atoms with van der Waals surface area (Å²) in [6, 6.07) is 1.91. The highest BCUT2D eigenvalue weighted by atomic mass is 32.2. The Labute approximate surface area is 157 Å². The van der Waals surface area contributed by atoms with Crippen LogP contribution in [0.1, 0.15) is 49.2 Å². The van der Waals surface area contributed by atoms with Crippen molar-refractivity contribution in [2.75, 3.05) is 11.5 Å². The van der Waals surface area contributed by atoms with Crippen LogP contribution in [0.3, 0.4) is 0 Å². The van der Waals surface area contributed by atoms with Crippen LogP contribution in [0.4, 0.5) is 0 Å². The summed E-state index contributed by atoms with van der Waals surface area (Å²) in [4.78, 5) is 9.56. The molecule has 1 saturated heterocycles. The van der Waals surface area contributed by atoms with E-state index in [1.165, 1.54) is 0 Å². The molecule has 6 nitrogen and oxygen atoms in total. The number of hydrogen-bond donors (Lipinski definition) is 0. The van der Waals surface area contributed by atoms with Crippen molar-refractivity contribution in [1.29, 1.82) is 0 Å². The zero-order chi connectivity index (χ0) is 18.6. The molecule has 1 aliphatic rings. The zero-order valence-corrected chi connectivity index (χ0v) is 17.0. The first kappa shape index (κ1) is 17.6. The Balaban J connectivity index is 1.86. The SMILES string of the molecule is Cc1cc(-c2nc(C(C)C)cs2)nc2c1c(C)nn2C1CCS(=O)(=O)C1. The fraction of sp³-hybridized carbons (Fsp3) is 0.500. The molecule has 1 aliphatic heterocycles. The van der Waals surface area contributed by atoms with E-state index in [4.69, 9.17) is 9.97 Å². The Morgan fingerprint density at radius 2 is 2.04 bits per heavy atom. The average molecular weight is 391 g/mol. The molecule has 4 rings (SSSR count). The predicted molar refractivity (Wildman–Crippen MR) is 105 cm³/mol. The van der Waals surface area contributed by atoms with Crippen molar-refractivity contribution in [2.24, 2.45) is 0 Å². The van der Waals surface area contributed by atoms with Gasteiger partial charge in [-0.1, -0.05) is 13.8 Å². The minimum atomic E-state index is -2.98. The second kappa shape index (κ2) is 6.13. The molecule has 0 aliphatic carbocycles. The lowest BCUT2D eigenvalue weighted by Gasteiger charge is -2.10. The van der Waals surface area contributed by atoms with Crippen LogP contribution in [-0.4, -0.2) is 39.7 Å². The first-order valence-electron chi connectivity index (χ1n) is 8.78. The normalized spacial score (nSPS) is 19.7. The van der Waals surface area contributed by atoms with E-state index in [-0.39, 0.29) is 17.5 Å². The summed E-state index contributed by atoms with van der Waals surface area (Å²) in [7, 11) is -2.98. The molecule has 1 unspecified atom stereocenters. The molecular weight excluding hydrogens is 368 g/mol. The lowest BCUT2D eigenvalue weighted by Crippen LogP contribution is -2.13. The lowest BCUT2D eigenvalue weighted by atomic mass is 10.1. The fourth-order valence-corrected chi connectivity index (χ4v) is 6.16. The van der Waals surface area contributed by atoms with Crippen molar-refractivity contribution in [1.82, 2.24) is 19.7 Å². The van der Waals surface area contributed by atoms with Gasteiger partial charge in [0.25, 0.3) is 0 Å². The van der Waals surface area contributed by atoms with Crippen LogP contribution in [-0.2, 0) is 9.84 Å². The van der Waals surface area contributed by atoms with E-state index in [0.717, 1.165) is 38.7 Å². The monoisotopic (exact) mass is 390 g/mol. The fourth-order valence-electron chi connectivity index (χ4n) is 3.53. The van der Waals surface area contributed by atoms with Gasteiger partial charge >= 0.3 is 0 Å². The van der Waals surface area contributed by atoms with Crippen LogP contribution < -0.4 is 0 Å². The van der Waals surface area contributed by atoms with Crippen molar-refractivity contribution in [3.63, 3.8) is 0 Å². The van der Waals surface area contributed by atoms with E-state index in [2.05, 4.69) is 37.3 Å². The Morgan fingerprint density at radius 3 is 2.65 bits per heavy atom. The maximum absolute atomic E-state index is 11.9. The predicted octanol–water partition coefficient (Wildman–Crippen LogP) is 3.65. The summed E-state index contributed by atoms with van der Waals surface area (Å²) in [6.45, 7) is 8.26. The van der Waals surface area contributed by atoms with E-state index >= 15 is 0 Å². The van der Waals surface area contributed by atoms with Crippen LogP contribution in [0.2, 0.25) is 0 Å². The third-order valence-corrected chi connectivity index (χ3v) is 7.55. The van der Waals surface area contributed by atoms with Crippen LogP contribution in [0.15, 0.2) is 11.4 Å². The highest BCUT2D eigenvalue weighted by Crippen LogP contribution is 2.33. The smallest absolute Gasteiger partial charge is 0.159 e. The summed E-state index contributed by atoms with van der Waals surface area (Å²) >= 11 is 1.59. The van der Waals surface area contributed by atoms with E-state index < -0.39 is 9.84 Å². The molecule has 0 saturated carbocycles. The molecule has 3 aromatic rings. The second-order valence-corrected chi connectivity index (χ2v) is 10.4. The summed E-state index contributed by atoms with van der Waals surface area (Å²) in [5.41, 5.74) is 4.64. The topological polar surface area (TPSA) is 77.7 Å². The van der Waals surface area contributed by atoms with Gasteiger partial charge in [0.05, 0.1) is 28.9 Å². The molecule has 3 aromatic heterocycles.